The summed E-state index contributed by atoms with van der Waals surface area (Å²) in [5, 5.41) is 11.9. The number of amides is 1. The third-order valence-corrected chi connectivity index (χ3v) is 3.45. The highest BCUT2D eigenvalue weighted by molar-refractivity contribution is 5.94. The first-order valence-corrected chi connectivity index (χ1v) is 8.16. The molecule has 0 heterocycles. The first-order chi connectivity index (χ1) is 12.8. The number of nitrogens with one attached hydrogen (secondary N) is 1. The van der Waals surface area contributed by atoms with Crippen molar-refractivity contribution in [3.8, 4) is 17.6 Å². The van der Waals surface area contributed by atoms with Crippen molar-refractivity contribution in [2.75, 3.05) is 5.32 Å². The SMILES string of the molecule is CC(=O)Oc1ccc(C#N)c(OC(=O)c2ccc(NC(=O)C(C)C)cc2)c1. The van der Waals surface area contributed by atoms with Gasteiger partial charge in [0.05, 0.1) is 11.1 Å². The molecule has 0 saturated carbocycles. The fourth-order valence-electron chi connectivity index (χ4n) is 2.04. The van der Waals surface area contributed by atoms with Gasteiger partial charge < -0.3 is 14.8 Å². The number of hydrogen-bond acceptors (Lipinski definition) is 6. The number of anilines is 1. The zero-order chi connectivity index (χ0) is 20.0. The molecule has 0 unspecified atom stereocenters. The molecule has 7 nitrogen and oxygen atoms in total. The molecule has 0 saturated heterocycles. The number of benzene rings is 2. The molecule has 138 valence electrons. The minimum absolute atomic E-state index is 0.0153. The van der Waals surface area contributed by atoms with E-state index in [1.165, 1.54) is 37.3 Å². The highest BCUT2D eigenvalue weighted by Crippen LogP contribution is 2.25. The third kappa shape index (κ3) is 5.41. The zero-order valence-electron chi connectivity index (χ0n) is 15.1. The Balaban J connectivity index is 2.16. The first-order valence-electron chi connectivity index (χ1n) is 8.16. The van der Waals surface area contributed by atoms with Crippen molar-refractivity contribution in [2.24, 2.45) is 5.92 Å². The van der Waals surface area contributed by atoms with Crippen LogP contribution >= 0.6 is 0 Å². The molecule has 0 aromatic heterocycles. The largest absolute Gasteiger partial charge is 0.427 e. The summed E-state index contributed by atoms with van der Waals surface area (Å²) in [4.78, 5) is 35.1. The van der Waals surface area contributed by atoms with E-state index in [9.17, 15) is 14.4 Å². The maximum absolute atomic E-state index is 12.3. The van der Waals surface area contributed by atoms with Crippen LogP contribution in [0.1, 0.15) is 36.7 Å². The summed E-state index contributed by atoms with van der Waals surface area (Å²) in [6.45, 7) is 4.79. The number of ether oxygens (including phenoxy) is 2. The van der Waals surface area contributed by atoms with Gasteiger partial charge in [-0.1, -0.05) is 13.8 Å². The average molecular weight is 366 g/mol. The smallest absolute Gasteiger partial charge is 0.343 e. The maximum atomic E-state index is 12.3. The molecule has 2 aromatic rings. The van der Waals surface area contributed by atoms with E-state index >= 15 is 0 Å². The minimum Gasteiger partial charge on any atom is -0.427 e. The number of carbonyl (C=O) groups is 3. The lowest BCUT2D eigenvalue weighted by molar-refractivity contribution is -0.131. The molecule has 0 aliphatic rings. The van der Waals surface area contributed by atoms with Crippen LogP contribution in [0, 0.1) is 17.2 Å². The molecule has 0 spiro atoms. The van der Waals surface area contributed by atoms with Crippen molar-refractivity contribution in [1.29, 1.82) is 5.26 Å². The molecule has 0 bridgehead atoms. The summed E-state index contributed by atoms with van der Waals surface area (Å²) in [7, 11) is 0. The molecule has 1 amide bonds. The number of carbonyl (C=O) groups excluding carboxylic acids is 3. The van der Waals surface area contributed by atoms with E-state index in [0.29, 0.717) is 5.69 Å². The predicted molar refractivity (Wildman–Crippen MR) is 97.3 cm³/mol. The lowest BCUT2D eigenvalue weighted by Gasteiger charge is -2.10. The fourth-order valence-corrected chi connectivity index (χ4v) is 2.04. The van der Waals surface area contributed by atoms with Crippen molar-refractivity contribution in [2.45, 2.75) is 20.8 Å². The molecule has 0 aliphatic carbocycles. The summed E-state index contributed by atoms with van der Waals surface area (Å²) >= 11 is 0. The van der Waals surface area contributed by atoms with Gasteiger partial charge in [-0.2, -0.15) is 5.26 Å². The topological polar surface area (TPSA) is 105 Å². The average Bonchev–Trinajstić information content (AvgIpc) is 2.62. The van der Waals surface area contributed by atoms with Gasteiger partial charge in [0.1, 0.15) is 11.8 Å². The molecular weight excluding hydrogens is 348 g/mol. The monoisotopic (exact) mass is 366 g/mol. The quantitative estimate of drug-likeness (QED) is 0.643. The second kappa shape index (κ2) is 8.63. The standard InChI is InChI=1S/C20H18N2O5/c1-12(2)19(24)22-16-7-4-14(5-8-16)20(25)27-18-10-17(26-13(3)23)9-6-15(18)11-21/h4-10,12H,1-3H3,(H,22,24). The van der Waals surface area contributed by atoms with Crippen LogP contribution < -0.4 is 14.8 Å². The van der Waals surface area contributed by atoms with Gasteiger partial charge in [0.15, 0.2) is 5.75 Å². The van der Waals surface area contributed by atoms with Crippen LogP contribution in [0.4, 0.5) is 5.69 Å². The summed E-state index contributed by atoms with van der Waals surface area (Å²) in [5.74, 6) is -1.37. The Morgan fingerprint density at radius 2 is 1.70 bits per heavy atom. The highest BCUT2D eigenvalue weighted by atomic mass is 16.5. The van der Waals surface area contributed by atoms with Crippen LogP contribution in [0.15, 0.2) is 42.5 Å². The zero-order valence-corrected chi connectivity index (χ0v) is 15.1. The van der Waals surface area contributed by atoms with Crippen molar-refractivity contribution >= 4 is 23.5 Å². The van der Waals surface area contributed by atoms with Crippen molar-refractivity contribution in [1.82, 2.24) is 0 Å². The third-order valence-electron chi connectivity index (χ3n) is 3.45. The van der Waals surface area contributed by atoms with E-state index in [4.69, 9.17) is 14.7 Å². The summed E-state index contributed by atoms with van der Waals surface area (Å²) in [6.07, 6.45) is 0. The molecule has 1 N–H and O–H groups in total. The van der Waals surface area contributed by atoms with Crippen molar-refractivity contribution in [3.63, 3.8) is 0 Å². The number of esters is 2. The molecule has 0 fully saturated rings. The predicted octanol–water partition coefficient (Wildman–Crippen LogP) is 3.30. The van der Waals surface area contributed by atoms with Gasteiger partial charge >= 0.3 is 11.9 Å². The van der Waals surface area contributed by atoms with E-state index in [-0.39, 0.29) is 34.5 Å². The number of rotatable bonds is 5. The van der Waals surface area contributed by atoms with E-state index in [1.54, 1.807) is 26.0 Å². The second-order valence-corrected chi connectivity index (χ2v) is 5.97. The van der Waals surface area contributed by atoms with Crippen LogP contribution in [0.3, 0.4) is 0 Å². The summed E-state index contributed by atoms with van der Waals surface area (Å²) in [5.41, 5.74) is 0.916. The normalized spacial score (nSPS) is 10.0. The Kier molecular flexibility index (Phi) is 6.28. The molecule has 27 heavy (non-hydrogen) atoms. The van der Waals surface area contributed by atoms with Crippen LogP contribution in [-0.4, -0.2) is 17.8 Å². The number of nitriles is 1. The van der Waals surface area contributed by atoms with E-state index in [0.717, 1.165) is 0 Å². The van der Waals surface area contributed by atoms with E-state index in [1.807, 2.05) is 6.07 Å². The van der Waals surface area contributed by atoms with E-state index in [2.05, 4.69) is 5.32 Å². The summed E-state index contributed by atoms with van der Waals surface area (Å²) < 4.78 is 10.2. The molecule has 2 aromatic carbocycles. The van der Waals surface area contributed by atoms with Gasteiger partial charge in [0, 0.05) is 24.6 Å². The van der Waals surface area contributed by atoms with E-state index < -0.39 is 11.9 Å². The lowest BCUT2D eigenvalue weighted by Crippen LogP contribution is -2.17. The Morgan fingerprint density at radius 3 is 2.26 bits per heavy atom. The Bertz CT molecular complexity index is 911. The molecule has 7 heteroatoms. The molecule has 0 radical (unpaired) electrons. The Hall–Kier alpha value is -3.66. The van der Waals surface area contributed by atoms with Gasteiger partial charge in [-0.3, -0.25) is 9.59 Å². The lowest BCUT2D eigenvalue weighted by atomic mass is 10.1. The summed E-state index contributed by atoms with van der Waals surface area (Å²) in [6, 6.07) is 12.2. The highest BCUT2D eigenvalue weighted by Gasteiger charge is 2.14. The van der Waals surface area contributed by atoms with Crippen molar-refractivity contribution in [3.05, 3.63) is 53.6 Å². The van der Waals surface area contributed by atoms with Crippen LogP contribution in [0.2, 0.25) is 0 Å². The van der Waals surface area contributed by atoms with Gasteiger partial charge in [-0.15, -0.1) is 0 Å². The molecular formula is C20H18N2O5. The van der Waals surface area contributed by atoms with Crippen LogP contribution in [0.5, 0.6) is 11.5 Å². The molecule has 2 rings (SSSR count). The fraction of sp³-hybridized carbons (Fsp3) is 0.200. The number of nitrogens with zero attached hydrogens (tertiary/aromatic N) is 1. The van der Waals surface area contributed by atoms with Crippen LogP contribution in [-0.2, 0) is 9.59 Å². The Labute approximate surface area is 156 Å². The first kappa shape index (κ1) is 19.7. The second-order valence-electron chi connectivity index (χ2n) is 5.97. The molecule has 0 aliphatic heterocycles. The van der Waals surface area contributed by atoms with Gasteiger partial charge in [-0.05, 0) is 36.4 Å². The minimum atomic E-state index is -0.687. The van der Waals surface area contributed by atoms with Gasteiger partial charge in [0.25, 0.3) is 0 Å². The van der Waals surface area contributed by atoms with Crippen LogP contribution in [0.25, 0.3) is 0 Å². The Morgan fingerprint density at radius 1 is 1.04 bits per heavy atom. The maximum Gasteiger partial charge on any atom is 0.343 e. The molecule has 0 atom stereocenters. The van der Waals surface area contributed by atoms with Crippen molar-refractivity contribution < 1.29 is 23.9 Å². The number of hydrogen-bond donors (Lipinski definition) is 1. The van der Waals surface area contributed by atoms with Gasteiger partial charge in [0.2, 0.25) is 5.91 Å². The van der Waals surface area contributed by atoms with Gasteiger partial charge in [-0.25, -0.2) is 4.79 Å².